The van der Waals surface area contributed by atoms with E-state index in [1.54, 1.807) is 18.3 Å². The highest BCUT2D eigenvalue weighted by Gasteiger charge is 2.23. The van der Waals surface area contributed by atoms with Crippen LogP contribution in [0.25, 0.3) is 0 Å². The molecule has 108 valence electrons. The smallest absolute Gasteiger partial charge is 0.274 e. The lowest BCUT2D eigenvalue weighted by atomic mass is 10.2. The van der Waals surface area contributed by atoms with E-state index in [0.717, 1.165) is 23.8 Å². The third-order valence-corrected chi connectivity index (χ3v) is 3.77. The van der Waals surface area contributed by atoms with Gasteiger partial charge in [-0.1, -0.05) is 17.7 Å². The number of aromatic nitrogens is 2. The van der Waals surface area contributed by atoms with Crippen molar-refractivity contribution >= 4 is 23.2 Å². The lowest BCUT2D eigenvalue weighted by Crippen LogP contribution is -2.49. The van der Waals surface area contributed by atoms with Crippen LogP contribution in [0.2, 0.25) is 5.02 Å². The van der Waals surface area contributed by atoms with E-state index >= 15 is 0 Å². The number of carbonyl (C=O) groups is 1. The van der Waals surface area contributed by atoms with Crippen molar-refractivity contribution in [2.24, 2.45) is 0 Å². The zero-order valence-electron chi connectivity index (χ0n) is 11.4. The molecule has 0 aliphatic carbocycles. The second-order valence-electron chi connectivity index (χ2n) is 4.87. The maximum absolute atomic E-state index is 12.3. The van der Waals surface area contributed by atoms with Crippen molar-refractivity contribution in [1.82, 2.24) is 15.1 Å². The minimum atomic E-state index is -0.0613. The Morgan fingerprint density at radius 1 is 1.10 bits per heavy atom. The molecule has 1 aliphatic rings. The Morgan fingerprint density at radius 3 is 2.57 bits per heavy atom. The average Bonchev–Trinajstić information content (AvgIpc) is 2.55. The minimum Gasteiger partial charge on any atom is -0.368 e. The van der Waals surface area contributed by atoms with Crippen LogP contribution in [0.3, 0.4) is 0 Å². The molecule has 3 rings (SSSR count). The minimum absolute atomic E-state index is 0.0613. The zero-order valence-corrected chi connectivity index (χ0v) is 12.2. The Bertz CT molecular complexity index is 627. The van der Waals surface area contributed by atoms with Crippen LogP contribution in [0.15, 0.2) is 42.6 Å². The first kappa shape index (κ1) is 13.8. The zero-order chi connectivity index (χ0) is 14.7. The van der Waals surface area contributed by atoms with Gasteiger partial charge in [0, 0.05) is 43.1 Å². The summed E-state index contributed by atoms with van der Waals surface area (Å²) in [6, 6.07) is 11.2. The topological polar surface area (TPSA) is 49.3 Å². The monoisotopic (exact) mass is 302 g/mol. The highest BCUT2D eigenvalue weighted by atomic mass is 35.5. The van der Waals surface area contributed by atoms with E-state index in [1.165, 1.54) is 0 Å². The fourth-order valence-electron chi connectivity index (χ4n) is 2.42. The van der Waals surface area contributed by atoms with Gasteiger partial charge in [0.15, 0.2) is 5.69 Å². The number of rotatable bonds is 2. The summed E-state index contributed by atoms with van der Waals surface area (Å²) in [6.07, 6.45) is 1.56. The molecule has 1 amide bonds. The number of halogens is 1. The molecule has 1 fully saturated rings. The average molecular weight is 303 g/mol. The quantitative estimate of drug-likeness (QED) is 0.852. The van der Waals surface area contributed by atoms with Crippen LogP contribution in [0.4, 0.5) is 5.69 Å². The van der Waals surface area contributed by atoms with Crippen LogP contribution in [-0.4, -0.2) is 47.2 Å². The van der Waals surface area contributed by atoms with Gasteiger partial charge in [-0.2, -0.15) is 5.10 Å². The Hall–Kier alpha value is -2.14. The Balaban J connectivity index is 1.64. The van der Waals surface area contributed by atoms with Gasteiger partial charge in [0.25, 0.3) is 5.91 Å². The van der Waals surface area contributed by atoms with Gasteiger partial charge >= 0.3 is 0 Å². The third kappa shape index (κ3) is 3.13. The molecule has 1 saturated heterocycles. The molecule has 0 bridgehead atoms. The van der Waals surface area contributed by atoms with Crippen LogP contribution >= 0.6 is 11.6 Å². The summed E-state index contributed by atoms with van der Waals surface area (Å²) in [7, 11) is 0. The fourth-order valence-corrected chi connectivity index (χ4v) is 2.60. The van der Waals surface area contributed by atoms with Gasteiger partial charge in [-0.25, -0.2) is 0 Å². The predicted molar refractivity (Wildman–Crippen MR) is 81.6 cm³/mol. The molecule has 1 aromatic carbocycles. The molecule has 5 nitrogen and oxygen atoms in total. The van der Waals surface area contributed by atoms with E-state index < -0.39 is 0 Å². The third-order valence-electron chi connectivity index (χ3n) is 3.53. The highest BCUT2D eigenvalue weighted by molar-refractivity contribution is 6.30. The SMILES string of the molecule is O=C(c1cccnn1)N1CCN(c2cccc(Cl)c2)CC1. The van der Waals surface area contributed by atoms with Gasteiger partial charge < -0.3 is 9.80 Å². The first-order valence-electron chi connectivity index (χ1n) is 6.81. The van der Waals surface area contributed by atoms with Gasteiger partial charge in [0.05, 0.1) is 0 Å². The molecular formula is C15H15ClN4O. The molecule has 0 spiro atoms. The van der Waals surface area contributed by atoms with E-state index in [1.807, 2.05) is 29.2 Å². The summed E-state index contributed by atoms with van der Waals surface area (Å²) >= 11 is 6.02. The van der Waals surface area contributed by atoms with Crippen LogP contribution in [0.5, 0.6) is 0 Å². The molecule has 0 unspecified atom stereocenters. The number of nitrogens with zero attached hydrogens (tertiary/aromatic N) is 4. The first-order chi connectivity index (χ1) is 10.2. The molecule has 0 radical (unpaired) electrons. The predicted octanol–water partition coefficient (Wildman–Crippen LogP) is 2.09. The van der Waals surface area contributed by atoms with E-state index in [-0.39, 0.29) is 5.91 Å². The Labute approximate surface area is 128 Å². The van der Waals surface area contributed by atoms with Crippen molar-refractivity contribution < 1.29 is 4.79 Å². The van der Waals surface area contributed by atoms with Crippen molar-refractivity contribution in [2.45, 2.75) is 0 Å². The normalized spacial score (nSPS) is 15.1. The van der Waals surface area contributed by atoms with E-state index in [0.29, 0.717) is 18.8 Å². The van der Waals surface area contributed by atoms with Gasteiger partial charge in [0.2, 0.25) is 0 Å². The molecule has 21 heavy (non-hydrogen) atoms. The lowest BCUT2D eigenvalue weighted by Gasteiger charge is -2.36. The van der Waals surface area contributed by atoms with Crippen LogP contribution in [0, 0.1) is 0 Å². The molecule has 0 N–H and O–H groups in total. The number of anilines is 1. The molecule has 6 heteroatoms. The number of hydrogen-bond acceptors (Lipinski definition) is 4. The van der Waals surface area contributed by atoms with Gasteiger partial charge in [-0.3, -0.25) is 4.79 Å². The summed E-state index contributed by atoms with van der Waals surface area (Å²) in [6.45, 7) is 2.91. The molecule has 1 aromatic heterocycles. The summed E-state index contributed by atoms with van der Waals surface area (Å²) in [4.78, 5) is 16.3. The van der Waals surface area contributed by atoms with Crippen molar-refractivity contribution in [3.63, 3.8) is 0 Å². The number of piperazine rings is 1. The van der Waals surface area contributed by atoms with Gasteiger partial charge in [0.1, 0.15) is 0 Å². The lowest BCUT2D eigenvalue weighted by molar-refractivity contribution is 0.0739. The molecule has 1 aliphatic heterocycles. The van der Waals surface area contributed by atoms with Gasteiger partial charge in [-0.15, -0.1) is 5.10 Å². The van der Waals surface area contributed by atoms with Crippen molar-refractivity contribution in [1.29, 1.82) is 0 Å². The number of amides is 1. The van der Waals surface area contributed by atoms with Gasteiger partial charge in [-0.05, 0) is 30.3 Å². The summed E-state index contributed by atoms with van der Waals surface area (Å²) in [5.74, 6) is -0.0613. The second kappa shape index (κ2) is 6.10. The fraction of sp³-hybridized carbons (Fsp3) is 0.267. The second-order valence-corrected chi connectivity index (χ2v) is 5.30. The highest BCUT2D eigenvalue weighted by Crippen LogP contribution is 2.21. The summed E-state index contributed by atoms with van der Waals surface area (Å²) in [5.41, 5.74) is 1.49. The maximum Gasteiger partial charge on any atom is 0.274 e. The Kier molecular flexibility index (Phi) is 4.01. The van der Waals surface area contributed by atoms with Crippen molar-refractivity contribution in [3.8, 4) is 0 Å². The van der Waals surface area contributed by atoms with E-state index in [9.17, 15) is 4.79 Å². The number of hydrogen-bond donors (Lipinski definition) is 0. The van der Waals surface area contributed by atoms with Crippen molar-refractivity contribution in [2.75, 3.05) is 31.1 Å². The number of benzene rings is 1. The summed E-state index contributed by atoms with van der Waals surface area (Å²) in [5, 5.41) is 8.35. The number of carbonyl (C=O) groups excluding carboxylic acids is 1. The molecule has 2 heterocycles. The van der Waals surface area contributed by atoms with E-state index in [4.69, 9.17) is 11.6 Å². The standard InChI is InChI=1S/C15H15ClN4O/c16-12-3-1-4-13(11-12)19-7-9-20(10-8-19)15(21)14-5-2-6-17-18-14/h1-6,11H,7-10H2. The van der Waals surface area contributed by atoms with Crippen molar-refractivity contribution in [3.05, 3.63) is 53.3 Å². The molecular weight excluding hydrogens is 288 g/mol. The van der Waals surface area contributed by atoms with Crippen LogP contribution < -0.4 is 4.90 Å². The summed E-state index contributed by atoms with van der Waals surface area (Å²) < 4.78 is 0. The largest absolute Gasteiger partial charge is 0.368 e. The first-order valence-corrected chi connectivity index (χ1v) is 7.19. The van der Waals surface area contributed by atoms with Crippen LogP contribution in [0.1, 0.15) is 10.5 Å². The molecule has 0 saturated carbocycles. The molecule has 2 aromatic rings. The maximum atomic E-state index is 12.3. The van der Waals surface area contributed by atoms with Crippen LogP contribution in [-0.2, 0) is 0 Å². The molecule has 0 atom stereocenters. The Morgan fingerprint density at radius 2 is 1.90 bits per heavy atom. The van der Waals surface area contributed by atoms with E-state index in [2.05, 4.69) is 15.1 Å².